The van der Waals surface area contributed by atoms with E-state index in [1.165, 1.54) is 65.0 Å². The van der Waals surface area contributed by atoms with E-state index in [-0.39, 0.29) is 0 Å². The van der Waals surface area contributed by atoms with Crippen molar-refractivity contribution in [3.8, 4) is 0 Å². The Morgan fingerprint density at radius 3 is 1.79 bits per heavy atom. The van der Waals surface area contributed by atoms with Crippen LogP contribution in [-0.2, 0) is 0 Å². The quantitative estimate of drug-likeness (QED) is 0.604. The molecule has 84 valence electrons. The van der Waals surface area contributed by atoms with Crippen molar-refractivity contribution in [2.75, 3.05) is 39.3 Å². The fourth-order valence-electron chi connectivity index (χ4n) is 2.14. The standard InChI is InChI=1S/C12H26N2/c1-3-5-6-8-14-11-9-13(7-4-2)10-12-14/h3-12H2,1-2H3. The molecule has 0 aromatic heterocycles. The molecule has 0 spiro atoms. The molecule has 0 radical (unpaired) electrons. The molecule has 14 heavy (non-hydrogen) atoms. The molecule has 0 atom stereocenters. The molecule has 1 aliphatic heterocycles. The van der Waals surface area contributed by atoms with E-state index in [0.717, 1.165) is 0 Å². The van der Waals surface area contributed by atoms with Crippen LogP contribution in [0.4, 0.5) is 0 Å². The summed E-state index contributed by atoms with van der Waals surface area (Å²) in [6.07, 6.45) is 5.44. The van der Waals surface area contributed by atoms with Crippen LogP contribution in [0.25, 0.3) is 0 Å². The molecular weight excluding hydrogens is 172 g/mol. The van der Waals surface area contributed by atoms with E-state index in [1.807, 2.05) is 0 Å². The van der Waals surface area contributed by atoms with E-state index < -0.39 is 0 Å². The number of hydrogen-bond donors (Lipinski definition) is 0. The highest BCUT2D eigenvalue weighted by atomic mass is 15.3. The van der Waals surface area contributed by atoms with E-state index in [9.17, 15) is 0 Å². The van der Waals surface area contributed by atoms with Crippen LogP contribution in [0.2, 0.25) is 0 Å². The molecule has 0 aromatic carbocycles. The molecule has 0 saturated carbocycles. The average Bonchev–Trinajstić information content (AvgIpc) is 2.21. The molecule has 0 aliphatic carbocycles. The van der Waals surface area contributed by atoms with Crippen LogP contribution in [0.5, 0.6) is 0 Å². The van der Waals surface area contributed by atoms with Gasteiger partial charge in [-0.3, -0.25) is 0 Å². The number of unbranched alkanes of at least 4 members (excludes halogenated alkanes) is 2. The molecule has 0 amide bonds. The van der Waals surface area contributed by atoms with Crippen LogP contribution >= 0.6 is 0 Å². The third-order valence-electron chi connectivity index (χ3n) is 3.08. The van der Waals surface area contributed by atoms with Crippen molar-refractivity contribution < 1.29 is 0 Å². The maximum Gasteiger partial charge on any atom is 0.0110 e. The van der Waals surface area contributed by atoms with Gasteiger partial charge in [-0.05, 0) is 25.9 Å². The smallest absolute Gasteiger partial charge is 0.0110 e. The van der Waals surface area contributed by atoms with Crippen LogP contribution in [0.1, 0.15) is 39.5 Å². The van der Waals surface area contributed by atoms with Crippen LogP contribution in [0.15, 0.2) is 0 Å². The van der Waals surface area contributed by atoms with Gasteiger partial charge in [0.15, 0.2) is 0 Å². The summed E-state index contributed by atoms with van der Waals surface area (Å²) in [4.78, 5) is 5.22. The summed E-state index contributed by atoms with van der Waals surface area (Å²) in [5.74, 6) is 0. The summed E-state index contributed by atoms with van der Waals surface area (Å²) >= 11 is 0. The lowest BCUT2D eigenvalue weighted by Crippen LogP contribution is -2.46. The lowest BCUT2D eigenvalue weighted by molar-refractivity contribution is 0.131. The van der Waals surface area contributed by atoms with Crippen molar-refractivity contribution in [1.29, 1.82) is 0 Å². The lowest BCUT2D eigenvalue weighted by Gasteiger charge is -2.34. The van der Waals surface area contributed by atoms with Crippen LogP contribution in [0, 0.1) is 0 Å². The molecule has 0 aromatic rings. The van der Waals surface area contributed by atoms with Gasteiger partial charge in [0.25, 0.3) is 0 Å². The zero-order valence-electron chi connectivity index (χ0n) is 9.97. The third-order valence-corrected chi connectivity index (χ3v) is 3.08. The maximum atomic E-state index is 2.63. The van der Waals surface area contributed by atoms with Gasteiger partial charge in [0.05, 0.1) is 0 Å². The van der Waals surface area contributed by atoms with Gasteiger partial charge in [-0.1, -0.05) is 26.7 Å². The second kappa shape index (κ2) is 7.24. The largest absolute Gasteiger partial charge is 0.301 e. The average molecular weight is 198 g/mol. The highest BCUT2D eigenvalue weighted by Crippen LogP contribution is 2.04. The molecule has 2 heteroatoms. The topological polar surface area (TPSA) is 6.48 Å². The Balaban J connectivity index is 2.03. The van der Waals surface area contributed by atoms with E-state index in [4.69, 9.17) is 0 Å². The third kappa shape index (κ3) is 4.43. The molecule has 1 saturated heterocycles. The summed E-state index contributed by atoms with van der Waals surface area (Å²) in [5, 5.41) is 0. The molecule has 1 fully saturated rings. The Bertz CT molecular complexity index is 128. The monoisotopic (exact) mass is 198 g/mol. The van der Waals surface area contributed by atoms with Gasteiger partial charge in [0.2, 0.25) is 0 Å². The van der Waals surface area contributed by atoms with Crippen molar-refractivity contribution in [2.24, 2.45) is 0 Å². The van der Waals surface area contributed by atoms with Gasteiger partial charge >= 0.3 is 0 Å². The zero-order chi connectivity index (χ0) is 10.2. The van der Waals surface area contributed by atoms with Crippen molar-refractivity contribution >= 4 is 0 Å². The van der Waals surface area contributed by atoms with Crippen molar-refractivity contribution in [1.82, 2.24) is 9.80 Å². The summed E-state index contributed by atoms with van der Waals surface area (Å²) in [6, 6.07) is 0. The highest BCUT2D eigenvalue weighted by Gasteiger charge is 2.14. The number of piperazine rings is 1. The molecule has 0 N–H and O–H groups in total. The number of hydrogen-bond acceptors (Lipinski definition) is 2. The summed E-state index contributed by atoms with van der Waals surface area (Å²) in [6.45, 7) is 12.3. The predicted molar refractivity (Wildman–Crippen MR) is 62.7 cm³/mol. The highest BCUT2D eigenvalue weighted by molar-refractivity contribution is 4.71. The van der Waals surface area contributed by atoms with Crippen molar-refractivity contribution in [2.45, 2.75) is 39.5 Å². The van der Waals surface area contributed by atoms with Crippen LogP contribution in [0.3, 0.4) is 0 Å². The summed E-state index contributed by atoms with van der Waals surface area (Å²) < 4.78 is 0. The van der Waals surface area contributed by atoms with E-state index >= 15 is 0 Å². The van der Waals surface area contributed by atoms with Crippen molar-refractivity contribution in [3.05, 3.63) is 0 Å². The Kier molecular flexibility index (Phi) is 6.20. The first-order chi connectivity index (χ1) is 6.86. The molecule has 1 aliphatic rings. The van der Waals surface area contributed by atoms with E-state index in [0.29, 0.717) is 0 Å². The SMILES string of the molecule is CCCCCN1CCN(CCC)CC1. The normalized spacial score (nSPS) is 20.1. The predicted octanol–water partition coefficient (Wildman–Crippen LogP) is 2.20. The first-order valence-electron chi connectivity index (χ1n) is 6.31. The van der Waals surface area contributed by atoms with Crippen LogP contribution in [-0.4, -0.2) is 49.1 Å². The Hall–Kier alpha value is -0.0800. The van der Waals surface area contributed by atoms with Gasteiger partial charge in [0.1, 0.15) is 0 Å². The Labute approximate surface area is 89.3 Å². The van der Waals surface area contributed by atoms with Gasteiger partial charge in [-0.2, -0.15) is 0 Å². The van der Waals surface area contributed by atoms with Gasteiger partial charge < -0.3 is 9.80 Å². The molecular formula is C12H26N2. The molecule has 1 heterocycles. The first-order valence-corrected chi connectivity index (χ1v) is 6.31. The summed E-state index contributed by atoms with van der Waals surface area (Å²) in [5.41, 5.74) is 0. The fourth-order valence-corrected chi connectivity index (χ4v) is 2.14. The number of rotatable bonds is 6. The maximum absolute atomic E-state index is 2.63. The first kappa shape index (κ1) is 12.0. The molecule has 0 bridgehead atoms. The minimum atomic E-state index is 1.29. The van der Waals surface area contributed by atoms with E-state index in [2.05, 4.69) is 23.6 Å². The van der Waals surface area contributed by atoms with Gasteiger partial charge in [-0.25, -0.2) is 0 Å². The van der Waals surface area contributed by atoms with E-state index in [1.54, 1.807) is 0 Å². The minimum Gasteiger partial charge on any atom is -0.301 e. The molecule has 0 unspecified atom stereocenters. The lowest BCUT2D eigenvalue weighted by atomic mass is 10.2. The fraction of sp³-hybridized carbons (Fsp3) is 1.00. The zero-order valence-corrected chi connectivity index (χ0v) is 9.97. The molecule has 1 rings (SSSR count). The Morgan fingerprint density at radius 1 is 0.714 bits per heavy atom. The van der Waals surface area contributed by atoms with Gasteiger partial charge in [0, 0.05) is 26.2 Å². The second-order valence-corrected chi connectivity index (χ2v) is 4.39. The summed E-state index contributed by atoms with van der Waals surface area (Å²) in [7, 11) is 0. The Morgan fingerprint density at radius 2 is 1.29 bits per heavy atom. The molecule has 2 nitrogen and oxygen atoms in total. The van der Waals surface area contributed by atoms with Crippen LogP contribution < -0.4 is 0 Å². The second-order valence-electron chi connectivity index (χ2n) is 4.39. The number of nitrogens with zero attached hydrogens (tertiary/aromatic N) is 2. The van der Waals surface area contributed by atoms with Gasteiger partial charge in [-0.15, -0.1) is 0 Å². The minimum absolute atomic E-state index is 1.29. The van der Waals surface area contributed by atoms with Crippen molar-refractivity contribution in [3.63, 3.8) is 0 Å².